The fourth-order valence-corrected chi connectivity index (χ4v) is 2.28. The average Bonchev–Trinajstić information content (AvgIpc) is 3.09. The Morgan fingerprint density at radius 2 is 1.56 bits per heavy atom. The van der Waals surface area contributed by atoms with Crippen molar-refractivity contribution in [2.24, 2.45) is 0 Å². The largest absolute Gasteiger partial charge is 0.453 e. The molecule has 0 saturated heterocycles. The lowest BCUT2D eigenvalue weighted by Gasteiger charge is -1.96. The van der Waals surface area contributed by atoms with Gasteiger partial charge in [-0.15, -0.1) is 0 Å². The molecule has 5 heteroatoms. The summed E-state index contributed by atoms with van der Waals surface area (Å²) < 4.78 is 5.53. The number of hydrogen-bond acceptors (Lipinski definition) is 4. The number of carbonyl (C=O) groups excluding carboxylic acids is 2. The van der Waals surface area contributed by atoms with Gasteiger partial charge in [0.15, 0.2) is 5.76 Å². The molecule has 3 rings (SSSR count). The highest BCUT2D eigenvalue weighted by Crippen LogP contribution is 2.19. The molecule has 124 valence electrons. The van der Waals surface area contributed by atoms with Crippen molar-refractivity contribution in [2.45, 2.75) is 0 Å². The molecule has 2 aromatic carbocycles. The van der Waals surface area contributed by atoms with Crippen molar-refractivity contribution < 1.29 is 19.2 Å². The van der Waals surface area contributed by atoms with Gasteiger partial charge in [-0.05, 0) is 35.4 Å². The van der Waals surface area contributed by atoms with E-state index in [4.69, 9.17) is 9.62 Å². The Labute approximate surface area is 143 Å². The molecular formula is C20H15NO4. The third-order valence-corrected chi connectivity index (χ3v) is 3.57. The number of rotatable bonds is 5. The van der Waals surface area contributed by atoms with Gasteiger partial charge in [-0.1, -0.05) is 48.5 Å². The molecule has 0 aliphatic rings. The van der Waals surface area contributed by atoms with Crippen LogP contribution in [0.4, 0.5) is 0 Å². The van der Waals surface area contributed by atoms with E-state index in [1.165, 1.54) is 17.6 Å². The molecule has 0 radical (unpaired) electrons. The molecule has 5 nitrogen and oxygen atoms in total. The smallest absolute Gasteiger partial charge is 0.267 e. The van der Waals surface area contributed by atoms with Crippen molar-refractivity contribution in [3.63, 3.8) is 0 Å². The fraction of sp³-hybridized carbons (Fsp3) is 0. The Morgan fingerprint density at radius 3 is 2.20 bits per heavy atom. The predicted molar refractivity (Wildman–Crippen MR) is 95.0 cm³/mol. The summed E-state index contributed by atoms with van der Waals surface area (Å²) in [7, 11) is 0. The van der Waals surface area contributed by atoms with E-state index in [1.807, 2.05) is 36.4 Å². The number of amides is 1. The number of hydrogen-bond donors (Lipinski definition) is 2. The van der Waals surface area contributed by atoms with Crippen LogP contribution in [-0.2, 0) is 4.79 Å². The van der Waals surface area contributed by atoms with Crippen molar-refractivity contribution in [3.8, 4) is 0 Å². The zero-order valence-electron chi connectivity index (χ0n) is 13.2. The molecule has 3 aromatic rings. The second-order valence-corrected chi connectivity index (χ2v) is 5.32. The molecule has 0 bridgehead atoms. The summed E-state index contributed by atoms with van der Waals surface area (Å²) in [6.07, 6.45) is 5.94. The highest BCUT2D eigenvalue weighted by molar-refractivity contribution is 6.06. The zero-order chi connectivity index (χ0) is 17.6. The first-order valence-corrected chi connectivity index (χ1v) is 7.59. The van der Waals surface area contributed by atoms with E-state index in [2.05, 4.69) is 0 Å². The van der Waals surface area contributed by atoms with Crippen molar-refractivity contribution >= 4 is 34.8 Å². The van der Waals surface area contributed by atoms with Crippen molar-refractivity contribution in [1.29, 1.82) is 0 Å². The first-order chi connectivity index (χ1) is 12.2. The highest BCUT2D eigenvalue weighted by Gasteiger charge is 2.08. The van der Waals surface area contributed by atoms with E-state index >= 15 is 0 Å². The van der Waals surface area contributed by atoms with E-state index in [9.17, 15) is 9.59 Å². The van der Waals surface area contributed by atoms with Gasteiger partial charge in [0.05, 0.1) is 0 Å². The monoisotopic (exact) mass is 333 g/mol. The van der Waals surface area contributed by atoms with Gasteiger partial charge in [-0.25, -0.2) is 5.48 Å². The Kier molecular flexibility index (Phi) is 4.87. The summed E-state index contributed by atoms with van der Waals surface area (Å²) in [5.41, 5.74) is 3.84. The molecule has 1 aromatic heterocycles. The minimum atomic E-state index is -0.597. The molecule has 0 aliphatic heterocycles. The number of hydroxylamine groups is 1. The standard InChI is InChI=1S/C20H15NO4/c22-17(19-13-16-3-1-2-4-18(16)25-19)11-9-14-5-7-15(8-6-14)10-12-20(23)21-24/h1-13,24H,(H,21,23). The van der Waals surface area contributed by atoms with Crippen LogP contribution in [0.5, 0.6) is 0 Å². The first-order valence-electron chi connectivity index (χ1n) is 7.59. The second kappa shape index (κ2) is 7.42. The normalized spacial score (nSPS) is 11.4. The van der Waals surface area contributed by atoms with Gasteiger partial charge in [0, 0.05) is 11.5 Å². The second-order valence-electron chi connectivity index (χ2n) is 5.32. The Morgan fingerprint density at radius 1 is 0.920 bits per heavy atom. The number of para-hydroxylation sites is 1. The van der Waals surface area contributed by atoms with Gasteiger partial charge in [0.2, 0.25) is 5.78 Å². The SMILES string of the molecule is O=C(C=Cc1ccc(C=CC(=O)c2cc3ccccc3o2)cc1)NO. The van der Waals surface area contributed by atoms with Gasteiger partial charge in [0.25, 0.3) is 5.91 Å². The third kappa shape index (κ3) is 4.10. The molecule has 0 saturated carbocycles. The number of fused-ring (bicyclic) bond motifs is 1. The number of furan rings is 1. The number of allylic oxidation sites excluding steroid dienone is 1. The van der Waals surface area contributed by atoms with Crippen LogP contribution in [0.15, 0.2) is 71.2 Å². The maximum atomic E-state index is 12.2. The van der Waals surface area contributed by atoms with Crippen molar-refractivity contribution in [3.05, 3.63) is 83.6 Å². The molecular weight excluding hydrogens is 318 g/mol. The summed E-state index contributed by atoms with van der Waals surface area (Å²) in [6.45, 7) is 0. The van der Waals surface area contributed by atoms with E-state index in [0.717, 1.165) is 16.5 Å². The average molecular weight is 333 g/mol. The molecule has 0 atom stereocenters. The number of ketones is 1. The summed E-state index contributed by atoms with van der Waals surface area (Å²) in [5, 5.41) is 9.31. The first kappa shape index (κ1) is 16.4. The lowest BCUT2D eigenvalue weighted by molar-refractivity contribution is -0.124. The molecule has 1 heterocycles. The molecule has 0 aliphatic carbocycles. The lowest BCUT2D eigenvalue weighted by Crippen LogP contribution is -2.14. The van der Waals surface area contributed by atoms with Crippen LogP contribution in [0, 0.1) is 0 Å². The van der Waals surface area contributed by atoms with Gasteiger partial charge in [-0.3, -0.25) is 14.8 Å². The molecule has 0 unspecified atom stereocenters. The Hall–Kier alpha value is -3.44. The van der Waals surface area contributed by atoms with Crippen LogP contribution in [-0.4, -0.2) is 16.9 Å². The summed E-state index contributed by atoms with van der Waals surface area (Å²) in [5.74, 6) is -0.507. The number of nitrogens with one attached hydrogen (secondary N) is 1. The van der Waals surface area contributed by atoms with Crippen molar-refractivity contribution in [1.82, 2.24) is 5.48 Å². The molecule has 25 heavy (non-hydrogen) atoms. The van der Waals surface area contributed by atoms with Gasteiger partial charge in [-0.2, -0.15) is 0 Å². The molecule has 2 N–H and O–H groups in total. The van der Waals surface area contributed by atoms with Crippen LogP contribution in [0.3, 0.4) is 0 Å². The summed E-state index contributed by atoms with van der Waals surface area (Å²) >= 11 is 0. The van der Waals surface area contributed by atoms with Gasteiger partial charge < -0.3 is 4.42 Å². The summed E-state index contributed by atoms with van der Waals surface area (Å²) in [6, 6.07) is 16.4. The van der Waals surface area contributed by atoms with E-state index in [0.29, 0.717) is 11.3 Å². The number of benzene rings is 2. The number of carbonyl (C=O) groups is 2. The van der Waals surface area contributed by atoms with E-state index in [-0.39, 0.29) is 5.78 Å². The maximum Gasteiger partial charge on any atom is 0.267 e. The molecule has 0 fully saturated rings. The quantitative estimate of drug-likeness (QED) is 0.322. The van der Waals surface area contributed by atoms with Crippen LogP contribution >= 0.6 is 0 Å². The van der Waals surface area contributed by atoms with Crippen LogP contribution in [0.1, 0.15) is 21.7 Å². The van der Waals surface area contributed by atoms with E-state index < -0.39 is 5.91 Å². The third-order valence-electron chi connectivity index (χ3n) is 3.57. The zero-order valence-corrected chi connectivity index (χ0v) is 13.2. The topological polar surface area (TPSA) is 79.5 Å². The minimum absolute atomic E-state index is 0.209. The van der Waals surface area contributed by atoms with Crippen LogP contribution in [0.2, 0.25) is 0 Å². The predicted octanol–water partition coefficient (Wildman–Crippen LogP) is 3.85. The Balaban J connectivity index is 1.69. The molecule has 0 spiro atoms. The highest BCUT2D eigenvalue weighted by atomic mass is 16.5. The van der Waals surface area contributed by atoms with Crippen molar-refractivity contribution in [2.75, 3.05) is 0 Å². The Bertz CT molecular complexity index is 932. The minimum Gasteiger partial charge on any atom is -0.453 e. The van der Waals surface area contributed by atoms with Crippen LogP contribution < -0.4 is 5.48 Å². The van der Waals surface area contributed by atoms with Gasteiger partial charge in [0.1, 0.15) is 5.58 Å². The van der Waals surface area contributed by atoms with E-state index in [1.54, 1.807) is 30.4 Å². The fourth-order valence-electron chi connectivity index (χ4n) is 2.28. The van der Waals surface area contributed by atoms with Gasteiger partial charge >= 0.3 is 0 Å². The maximum absolute atomic E-state index is 12.2. The summed E-state index contributed by atoms with van der Waals surface area (Å²) in [4.78, 5) is 23.1. The van der Waals surface area contributed by atoms with Crippen LogP contribution in [0.25, 0.3) is 23.1 Å². The lowest BCUT2D eigenvalue weighted by atomic mass is 10.1. The molecule has 1 amide bonds.